The van der Waals surface area contributed by atoms with Crippen molar-refractivity contribution in [3.05, 3.63) is 77.2 Å². The lowest BCUT2D eigenvalue weighted by atomic mass is 9.94. The number of aromatic nitrogens is 2. The van der Waals surface area contributed by atoms with Crippen LogP contribution >= 0.6 is 11.6 Å². The van der Waals surface area contributed by atoms with Gasteiger partial charge in [-0.15, -0.1) is 0 Å². The third kappa shape index (κ3) is 4.89. The molecule has 0 aliphatic heterocycles. The SMILES string of the molecule is COc1ccc(COc2cnc(Cl)nc2NC(C)(C)c2ccccc2)cc1. The molecule has 0 saturated heterocycles. The van der Waals surface area contributed by atoms with Gasteiger partial charge in [0.05, 0.1) is 18.8 Å². The zero-order valence-corrected chi connectivity index (χ0v) is 16.3. The summed E-state index contributed by atoms with van der Waals surface area (Å²) < 4.78 is 11.1. The summed E-state index contributed by atoms with van der Waals surface area (Å²) in [5.41, 5.74) is 1.77. The fraction of sp³-hybridized carbons (Fsp3) is 0.238. The second-order valence-corrected chi connectivity index (χ2v) is 6.94. The standard InChI is InChI=1S/C21H22ClN3O2/c1-21(2,16-7-5-4-6-8-16)25-19-18(13-23-20(22)24-19)27-14-15-9-11-17(26-3)12-10-15/h4-13H,14H2,1-3H3,(H,23,24,25). The number of nitrogens with zero attached hydrogens (tertiary/aromatic N) is 2. The van der Waals surface area contributed by atoms with E-state index in [4.69, 9.17) is 21.1 Å². The highest BCUT2D eigenvalue weighted by atomic mass is 35.5. The molecule has 0 fully saturated rings. The number of rotatable bonds is 7. The highest BCUT2D eigenvalue weighted by molar-refractivity contribution is 6.28. The van der Waals surface area contributed by atoms with Gasteiger partial charge in [-0.3, -0.25) is 0 Å². The predicted molar refractivity (Wildman–Crippen MR) is 107 cm³/mol. The van der Waals surface area contributed by atoms with Crippen LogP contribution in [0.5, 0.6) is 11.5 Å². The van der Waals surface area contributed by atoms with Gasteiger partial charge in [-0.2, -0.15) is 4.98 Å². The quantitative estimate of drug-likeness (QED) is 0.577. The van der Waals surface area contributed by atoms with Crippen molar-refractivity contribution in [3.63, 3.8) is 0 Å². The maximum absolute atomic E-state index is 6.01. The van der Waals surface area contributed by atoms with Gasteiger partial charge in [0.2, 0.25) is 5.28 Å². The monoisotopic (exact) mass is 383 g/mol. The molecule has 6 heteroatoms. The predicted octanol–water partition coefficient (Wildman–Crippen LogP) is 5.06. The first kappa shape index (κ1) is 19.0. The van der Waals surface area contributed by atoms with Gasteiger partial charge in [-0.25, -0.2) is 4.98 Å². The Morgan fingerprint density at radius 3 is 2.41 bits per heavy atom. The Hall–Kier alpha value is -2.79. The summed E-state index contributed by atoms with van der Waals surface area (Å²) in [5, 5.41) is 3.58. The van der Waals surface area contributed by atoms with Gasteiger partial charge in [0, 0.05) is 0 Å². The molecule has 0 radical (unpaired) electrons. The number of hydrogen-bond acceptors (Lipinski definition) is 5. The summed E-state index contributed by atoms with van der Waals surface area (Å²) >= 11 is 6.01. The van der Waals surface area contributed by atoms with Crippen LogP contribution in [0.2, 0.25) is 5.28 Å². The van der Waals surface area contributed by atoms with E-state index in [2.05, 4.69) is 41.3 Å². The van der Waals surface area contributed by atoms with Crippen LogP contribution in [0.15, 0.2) is 60.8 Å². The Balaban J connectivity index is 1.78. The van der Waals surface area contributed by atoms with E-state index >= 15 is 0 Å². The molecule has 0 amide bonds. The Morgan fingerprint density at radius 1 is 1.04 bits per heavy atom. The van der Waals surface area contributed by atoms with Gasteiger partial charge in [0.25, 0.3) is 0 Å². The fourth-order valence-electron chi connectivity index (χ4n) is 2.65. The van der Waals surface area contributed by atoms with Gasteiger partial charge in [-0.05, 0) is 48.7 Å². The van der Waals surface area contributed by atoms with Crippen molar-refractivity contribution in [2.24, 2.45) is 0 Å². The number of ether oxygens (including phenoxy) is 2. The number of nitrogens with one attached hydrogen (secondary N) is 1. The topological polar surface area (TPSA) is 56.3 Å². The zero-order valence-electron chi connectivity index (χ0n) is 15.6. The first-order valence-corrected chi connectivity index (χ1v) is 8.98. The lowest BCUT2D eigenvalue weighted by Gasteiger charge is -2.28. The van der Waals surface area contributed by atoms with Gasteiger partial charge >= 0.3 is 0 Å². The lowest BCUT2D eigenvalue weighted by molar-refractivity contribution is 0.304. The Labute approximate surface area is 164 Å². The summed E-state index contributed by atoms with van der Waals surface area (Å²) in [4.78, 5) is 8.37. The molecule has 0 bridgehead atoms. The Kier molecular flexibility index (Phi) is 5.81. The van der Waals surface area contributed by atoms with Gasteiger partial charge in [0.1, 0.15) is 12.4 Å². The Bertz CT molecular complexity index is 884. The molecule has 1 N–H and O–H groups in total. The van der Waals surface area contributed by atoms with Crippen molar-refractivity contribution in [3.8, 4) is 11.5 Å². The van der Waals surface area contributed by atoms with Crippen LogP contribution in [0.4, 0.5) is 5.82 Å². The van der Waals surface area contributed by atoms with Crippen LogP contribution in [0.1, 0.15) is 25.0 Å². The molecular formula is C21H22ClN3O2. The normalized spacial score (nSPS) is 11.1. The van der Waals surface area contributed by atoms with Crippen LogP contribution < -0.4 is 14.8 Å². The molecule has 3 rings (SSSR count). The first-order valence-electron chi connectivity index (χ1n) is 8.60. The van der Waals surface area contributed by atoms with Crippen LogP contribution in [0.3, 0.4) is 0 Å². The number of halogens is 1. The Morgan fingerprint density at radius 2 is 1.74 bits per heavy atom. The molecule has 3 aromatic rings. The van der Waals surface area contributed by atoms with E-state index in [9.17, 15) is 0 Å². The molecule has 5 nitrogen and oxygen atoms in total. The summed E-state index contributed by atoms with van der Waals surface area (Å²) in [6, 6.07) is 17.8. The molecule has 140 valence electrons. The third-order valence-corrected chi connectivity index (χ3v) is 4.39. The molecule has 0 atom stereocenters. The molecule has 0 saturated carbocycles. The molecule has 0 aliphatic carbocycles. The summed E-state index contributed by atoms with van der Waals surface area (Å²) in [6.45, 7) is 4.53. The van der Waals surface area contributed by atoms with Crippen molar-refractivity contribution in [1.82, 2.24) is 9.97 Å². The highest BCUT2D eigenvalue weighted by Gasteiger charge is 2.23. The molecule has 1 heterocycles. The minimum absolute atomic E-state index is 0.165. The molecule has 0 aliphatic rings. The highest BCUT2D eigenvalue weighted by Crippen LogP contribution is 2.31. The van der Waals surface area contributed by atoms with E-state index in [1.165, 1.54) is 0 Å². The summed E-state index contributed by atoms with van der Waals surface area (Å²) in [6.07, 6.45) is 1.59. The fourth-order valence-corrected chi connectivity index (χ4v) is 2.78. The molecule has 0 spiro atoms. The van der Waals surface area contributed by atoms with E-state index in [0.717, 1.165) is 16.9 Å². The van der Waals surface area contributed by atoms with Crippen molar-refractivity contribution < 1.29 is 9.47 Å². The van der Waals surface area contributed by atoms with Gasteiger partial charge < -0.3 is 14.8 Å². The molecule has 1 aromatic heterocycles. The van der Waals surface area contributed by atoms with Gasteiger partial charge in [-0.1, -0.05) is 42.5 Å². The number of methoxy groups -OCH3 is 1. The van der Waals surface area contributed by atoms with E-state index in [0.29, 0.717) is 18.2 Å². The molecule has 27 heavy (non-hydrogen) atoms. The van der Waals surface area contributed by atoms with Crippen LogP contribution in [-0.2, 0) is 12.1 Å². The second-order valence-electron chi connectivity index (χ2n) is 6.60. The minimum atomic E-state index is -0.364. The summed E-state index contributed by atoms with van der Waals surface area (Å²) in [7, 11) is 1.64. The van der Waals surface area contributed by atoms with Crippen LogP contribution in [-0.4, -0.2) is 17.1 Å². The van der Waals surface area contributed by atoms with E-state index < -0.39 is 0 Å². The number of hydrogen-bond donors (Lipinski definition) is 1. The molecule has 2 aromatic carbocycles. The smallest absolute Gasteiger partial charge is 0.224 e. The largest absolute Gasteiger partial charge is 0.497 e. The minimum Gasteiger partial charge on any atom is -0.497 e. The maximum atomic E-state index is 6.01. The first-order chi connectivity index (χ1) is 13.0. The van der Waals surface area contributed by atoms with Crippen molar-refractivity contribution >= 4 is 17.4 Å². The van der Waals surface area contributed by atoms with E-state index in [1.807, 2.05) is 42.5 Å². The molecule has 0 unspecified atom stereocenters. The average molecular weight is 384 g/mol. The van der Waals surface area contributed by atoms with Gasteiger partial charge in [0.15, 0.2) is 11.6 Å². The van der Waals surface area contributed by atoms with Crippen LogP contribution in [0.25, 0.3) is 0 Å². The summed E-state index contributed by atoms with van der Waals surface area (Å²) in [5.74, 6) is 1.90. The van der Waals surface area contributed by atoms with Crippen molar-refractivity contribution in [2.75, 3.05) is 12.4 Å². The number of benzene rings is 2. The number of anilines is 1. The maximum Gasteiger partial charge on any atom is 0.224 e. The van der Waals surface area contributed by atoms with E-state index in [1.54, 1.807) is 13.3 Å². The van der Waals surface area contributed by atoms with Crippen molar-refractivity contribution in [1.29, 1.82) is 0 Å². The lowest BCUT2D eigenvalue weighted by Crippen LogP contribution is -2.28. The second kappa shape index (κ2) is 8.27. The molecular weight excluding hydrogens is 362 g/mol. The van der Waals surface area contributed by atoms with Crippen molar-refractivity contribution in [2.45, 2.75) is 26.0 Å². The average Bonchev–Trinajstić information content (AvgIpc) is 2.68. The third-order valence-electron chi connectivity index (χ3n) is 4.21. The van der Waals surface area contributed by atoms with Crippen LogP contribution in [0, 0.1) is 0 Å². The van der Waals surface area contributed by atoms with E-state index in [-0.39, 0.29) is 10.8 Å². The zero-order chi connectivity index (χ0) is 19.3.